The maximum atomic E-state index is 12.4. The first-order valence-electron chi connectivity index (χ1n) is 8.88. The van der Waals surface area contributed by atoms with Gasteiger partial charge in [0, 0.05) is 18.9 Å². The molecule has 1 saturated carbocycles. The van der Waals surface area contributed by atoms with Crippen molar-refractivity contribution in [2.24, 2.45) is 17.8 Å². The van der Waals surface area contributed by atoms with Crippen LogP contribution in [0, 0.1) is 17.8 Å². The van der Waals surface area contributed by atoms with Gasteiger partial charge in [0.1, 0.15) is 5.60 Å². The smallest absolute Gasteiger partial charge is 0.311 e. The zero-order valence-electron chi connectivity index (χ0n) is 14.4. The molecule has 0 radical (unpaired) electrons. The van der Waals surface area contributed by atoms with Gasteiger partial charge in [0.25, 0.3) is 0 Å². The largest absolute Gasteiger partial charge is 0.433 e. The topological polar surface area (TPSA) is 44.8 Å². The predicted octanol–water partition coefficient (Wildman–Crippen LogP) is 3.68. The van der Waals surface area contributed by atoms with Gasteiger partial charge >= 0.3 is 5.97 Å². The highest BCUT2D eigenvalue weighted by molar-refractivity contribution is 5.72. The minimum absolute atomic E-state index is 0.0175. The average Bonchev–Trinajstić information content (AvgIpc) is 2.95. The van der Waals surface area contributed by atoms with Gasteiger partial charge < -0.3 is 14.2 Å². The molecule has 0 aromatic heterocycles. The summed E-state index contributed by atoms with van der Waals surface area (Å²) in [7, 11) is 0. The molecule has 1 aliphatic carbocycles. The van der Waals surface area contributed by atoms with E-state index in [0.717, 1.165) is 32.3 Å². The third-order valence-electron chi connectivity index (χ3n) is 6.01. The summed E-state index contributed by atoms with van der Waals surface area (Å²) in [5.74, 6) is 0.509. The monoisotopic (exact) mass is 310 g/mol. The molecule has 1 spiro atoms. The van der Waals surface area contributed by atoms with Crippen molar-refractivity contribution in [1.82, 2.24) is 0 Å². The van der Waals surface area contributed by atoms with Crippen LogP contribution in [0.5, 0.6) is 0 Å². The summed E-state index contributed by atoms with van der Waals surface area (Å²) in [6.45, 7) is 9.47. The molecule has 0 N–H and O–H groups in total. The highest BCUT2D eigenvalue weighted by atomic mass is 16.7. The Balaban J connectivity index is 1.85. The van der Waals surface area contributed by atoms with E-state index in [1.807, 2.05) is 6.92 Å². The zero-order valence-corrected chi connectivity index (χ0v) is 14.4. The SMILES string of the molecule is CC(C)[C@@H]1CC[C@@H](C)[C@@]2(C1)OC(=O)C[C@](C)([C@H]1CCCO1)O2. The average molecular weight is 310 g/mol. The number of hydrogen-bond donors (Lipinski definition) is 0. The van der Waals surface area contributed by atoms with Crippen LogP contribution in [-0.4, -0.2) is 30.1 Å². The van der Waals surface area contributed by atoms with Crippen LogP contribution < -0.4 is 0 Å². The number of carbonyl (C=O) groups is 1. The first kappa shape index (κ1) is 16.3. The van der Waals surface area contributed by atoms with E-state index in [-0.39, 0.29) is 18.0 Å². The van der Waals surface area contributed by atoms with Crippen LogP contribution in [0.25, 0.3) is 0 Å². The molecule has 3 rings (SSSR count). The minimum Gasteiger partial charge on any atom is -0.433 e. The van der Waals surface area contributed by atoms with Crippen LogP contribution in [0.15, 0.2) is 0 Å². The van der Waals surface area contributed by atoms with E-state index in [1.54, 1.807) is 0 Å². The maximum absolute atomic E-state index is 12.4. The van der Waals surface area contributed by atoms with E-state index in [4.69, 9.17) is 14.2 Å². The second kappa shape index (κ2) is 5.79. The summed E-state index contributed by atoms with van der Waals surface area (Å²) in [6.07, 6.45) is 5.41. The molecule has 4 heteroatoms. The molecule has 0 amide bonds. The third kappa shape index (κ3) is 2.80. The van der Waals surface area contributed by atoms with Crippen molar-refractivity contribution in [3.8, 4) is 0 Å². The Morgan fingerprint density at radius 2 is 2.00 bits per heavy atom. The minimum atomic E-state index is -0.747. The summed E-state index contributed by atoms with van der Waals surface area (Å²) in [4.78, 5) is 12.4. The van der Waals surface area contributed by atoms with Gasteiger partial charge in [-0.3, -0.25) is 4.79 Å². The molecule has 4 nitrogen and oxygen atoms in total. The molecule has 2 aliphatic heterocycles. The third-order valence-corrected chi connectivity index (χ3v) is 6.01. The normalized spacial score (nSPS) is 46.2. The second-order valence-corrected chi connectivity index (χ2v) is 8.07. The summed E-state index contributed by atoms with van der Waals surface area (Å²) in [5, 5.41) is 0. The van der Waals surface area contributed by atoms with Gasteiger partial charge in [-0.15, -0.1) is 0 Å². The Morgan fingerprint density at radius 3 is 2.64 bits per heavy atom. The molecule has 2 heterocycles. The van der Waals surface area contributed by atoms with Crippen molar-refractivity contribution in [3.05, 3.63) is 0 Å². The maximum Gasteiger partial charge on any atom is 0.311 e. The summed E-state index contributed by atoms with van der Waals surface area (Å²) < 4.78 is 18.3. The zero-order chi connectivity index (χ0) is 16.0. The molecular formula is C18H30O4. The molecule has 3 aliphatic rings. The number of ether oxygens (including phenoxy) is 3. The lowest BCUT2D eigenvalue weighted by Crippen LogP contribution is -2.61. The molecule has 0 aromatic rings. The van der Waals surface area contributed by atoms with Crippen molar-refractivity contribution >= 4 is 5.97 Å². The fourth-order valence-corrected chi connectivity index (χ4v) is 4.41. The lowest BCUT2D eigenvalue weighted by molar-refractivity contribution is -0.348. The number of hydrogen-bond acceptors (Lipinski definition) is 4. The Bertz CT molecular complexity index is 429. The number of rotatable bonds is 2. The van der Waals surface area contributed by atoms with Crippen LogP contribution in [-0.2, 0) is 19.0 Å². The fraction of sp³-hybridized carbons (Fsp3) is 0.944. The van der Waals surface area contributed by atoms with Crippen LogP contribution in [0.1, 0.15) is 66.2 Å². The molecular weight excluding hydrogens is 280 g/mol. The van der Waals surface area contributed by atoms with Crippen molar-refractivity contribution in [3.63, 3.8) is 0 Å². The summed E-state index contributed by atoms with van der Waals surface area (Å²) in [6, 6.07) is 0. The van der Waals surface area contributed by atoms with Gasteiger partial charge in [-0.05, 0) is 44.4 Å². The van der Waals surface area contributed by atoms with Crippen LogP contribution in [0.2, 0.25) is 0 Å². The molecule has 2 saturated heterocycles. The quantitative estimate of drug-likeness (QED) is 0.730. The lowest BCUT2D eigenvalue weighted by Gasteiger charge is -2.53. The molecule has 0 unspecified atom stereocenters. The van der Waals surface area contributed by atoms with Gasteiger partial charge in [-0.1, -0.05) is 20.8 Å². The Morgan fingerprint density at radius 1 is 1.23 bits per heavy atom. The Kier molecular flexibility index (Phi) is 4.28. The van der Waals surface area contributed by atoms with Crippen molar-refractivity contribution in [1.29, 1.82) is 0 Å². The predicted molar refractivity (Wildman–Crippen MR) is 83.2 cm³/mol. The van der Waals surface area contributed by atoms with E-state index in [1.165, 1.54) is 6.42 Å². The van der Waals surface area contributed by atoms with Gasteiger partial charge in [0.2, 0.25) is 5.79 Å². The summed E-state index contributed by atoms with van der Waals surface area (Å²) in [5.41, 5.74) is -0.543. The highest BCUT2D eigenvalue weighted by Crippen LogP contribution is 2.49. The van der Waals surface area contributed by atoms with Crippen LogP contribution in [0.3, 0.4) is 0 Å². The van der Waals surface area contributed by atoms with Crippen LogP contribution in [0.4, 0.5) is 0 Å². The van der Waals surface area contributed by atoms with Gasteiger partial charge in [-0.25, -0.2) is 0 Å². The van der Waals surface area contributed by atoms with Crippen LogP contribution >= 0.6 is 0 Å². The first-order valence-corrected chi connectivity index (χ1v) is 8.88. The highest BCUT2D eigenvalue weighted by Gasteiger charge is 2.57. The van der Waals surface area contributed by atoms with Gasteiger partial charge in [0.15, 0.2) is 0 Å². The van der Waals surface area contributed by atoms with Gasteiger partial charge in [0.05, 0.1) is 12.5 Å². The number of carbonyl (C=O) groups excluding carboxylic acids is 1. The number of esters is 1. The molecule has 0 aromatic carbocycles. The van der Waals surface area contributed by atoms with E-state index in [2.05, 4.69) is 20.8 Å². The Labute approximate surface area is 133 Å². The Hall–Kier alpha value is -0.610. The standard InChI is InChI=1S/C18H30O4/c1-12(2)14-8-7-13(3)18(10-14)21-16(19)11-17(4,22-18)15-6-5-9-20-15/h12-15H,5-11H2,1-4H3/t13-,14-,15-,17-,18+/m1/s1. The molecule has 3 fully saturated rings. The van der Waals surface area contributed by atoms with Gasteiger partial charge in [-0.2, -0.15) is 0 Å². The van der Waals surface area contributed by atoms with E-state index < -0.39 is 11.4 Å². The van der Waals surface area contributed by atoms with Crippen molar-refractivity contribution in [2.75, 3.05) is 6.61 Å². The molecule has 0 bridgehead atoms. The van der Waals surface area contributed by atoms with E-state index in [9.17, 15) is 4.79 Å². The second-order valence-electron chi connectivity index (χ2n) is 8.07. The van der Waals surface area contributed by atoms with E-state index in [0.29, 0.717) is 18.3 Å². The molecule has 126 valence electrons. The lowest BCUT2D eigenvalue weighted by atomic mass is 9.72. The molecule has 5 atom stereocenters. The fourth-order valence-electron chi connectivity index (χ4n) is 4.41. The molecule has 22 heavy (non-hydrogen) atoms. The van der Waals surface area contributed by atoms with Crippen molar-refractivity contribution < 1.29 is 19.0 Å². The first-order chi connectivity index (χ1) is 10.3. The van der Waals surface area contributed by atoms with Crippen molar-refractivity contribution in [2.45, 2.75) is 83.7 Å². The van der Waals surface area contributed by atoms with E-state index >= 15 is 0 Å². The summed E-state index contributed by atoms with van der Waals surface area (Å²) >= 11 is 0.